The normalized spacial score (nSPS) is 12.4. The van der Waals surface area contributed by atoms with Gasteiger partial charge in [0.2, 0.25) is 0 Å². The van der Waals surface area contributed by atoms with Gasteiger partial charge in [-0.25, -0.2) is 8.78 Å². The smallest absolute Gasteiger partial charge is 0.140 e. The van der Waals surface area contributed by atoms with Gasteiger partial charge in [0.1, 0.15) is 11.6 Å². The van der Waals surface area contributed by atoms with E-state index in [-0.39, 0.29) is 6.04 Å². The minimum Gasteiger partial charge on any atom is -0.327 e. The molecular formula is C16H16ClF2NS. The Labute approximate surface area is 132 Å². The van der Waals surface area contributed by atoms with Crippen LogP contribution >= 0.6 is 23.4 Å². The van der Waals surface area contributed by atoms with E-state index in [0.717, 1.165) is 22.9 Å². The van der Waals surface area contributed by atoms with Gasteiger partial charge in [0.05, 0.1) is 0 Å². The fraction of sp³-hybridized carbons (Fsp3) is 0.250. The van der Waals surface area contributed by atoms with Crippen LogP contribution in [0.2, 0.25) is 5.02 Å². The van der Waals surface area contributed by atoms with Crippen LogP contribution in [0.15, 0.2) is 46.2 Å². The average molecular weight is 328 g/mol. The quantitative estimate of drug-likeness (QED) is 0.831. The Balaban J connectivity index is 2.33. The summed E-state index contributed by atoms with van der Waals surface area (Å²) < 4.78 is 26.7. The molecule has 0 bridgehead atoms. The summed E-state index contributed by atoms with van der Waals surface area (Å²) >= 11 is 7.47. The summed E-state index contributed by atoms with van der Waals surface area (Å²) in [7, 11) is 0. The van der Waals surface area contributed by atoms with E-state index in [9.17, 15) is 8.78 Å². The average Bonchev–Trinajstić information content (AvgIpc) is 2.45. The zero-order chi connectivity index (χ0) is 15.4. The number of hydrogen-bond donors (Lipinski definition) is 1. The number of halogens is 3. The van der Waals surface area contributed by atoms with Gasteiger partial charge in [-0.05, 0) is 42.7 Å². The SMILES string of the molecule is CCC(N)Cc1c(Cl)cccc1Sc1ccc(F)cc1F. The largest absolute Gasteiger partial charge is 0.327 e. The third-order valence-corrected chi connectivity index (χ3v) is 4.69. The van der Waals surface area contributed by atoms with Gasteiger partial charge < -0.3 is 5.73 Å². The van der Waals surface area contributed by atoms with Crippen LogP contribution in [0.25, 0.3) is 0 Å². The lowest BCUT2D eigenvalue weighted by Crippen LogP contribution is -2.21. The minimum absolute atomic E-state index is 0.00214. The highest BCUT2D eigenvalue weighted by Gasteiger charge is 2.13. The fourth-order valence-electron chi connectivity index (χ4n) is 1.92. The first-order valence-corrected chi connectivity index (χ1v) is 7.86. The van der Waals surface area contributed by atoms with Crippen molar-refractivity contribution in [1.82, 2.24) is 0 Å². The lowest BCUT2D eigenvalue weighted by atomic mass is 10.0. The molecule has 2 aromatic carbocycles. The summed E-state index contributed by atoms with van der Waals surface area (Å²) in [6.45, 7) is 2.01. The maximum Gasteiger partial charge on any atom is 0.140 e. The van der Waals surface area contributed by atoms with Crippen LogP contribution in [0, 0.1) is 11.6 Å². The van der Waals surface area contributed by atoms with Crippen LogP contribution < -0.4 is 5.73 Å². The lowest BCUT2D eigenvalue weighted by Gasteiger charge is -2.15. The lowest BCUT2D eigenvalue weighted by molar-refractivity contribution is 0.565. The van der Waals surface area contributed by atoms with E-state index in [1.807, 2.05) is 19.1 Å². The Kier molecular flexibility index (Phi) is 5.62. The van der Waals surface area contributed by atoms with Crippen LogP contribution in [-0.4, -0.2) is 6.04 Å². The third kappa shape index (κ3) is 4.19. The Morgan fingerprint density at radius 2 is 1.95 bits per heavy atom. The molecule has 112 valence electrons. The monoisotopic (exact) mass is 327 g/mol. The Hall–Kier alpha value is -1.10. The number of nitrogens with two attached hydrogens (primary N) is 1. The first kappa shape index (κ1) is 16.3. The molecule has 1 nitrogen and oxygen atoms in total. The van der Waals surface area contributed by atoms with Crippen molar-refractivity contribution in [2.45, 2.75) is 35.6 Å². The van der Waals surface area contributed by atoms with Gasteiger partial charge in [-0.2, -0.15) is 0 Å². The molecule has 0 amide bonds. The molecule has 0 heterocycles. The van der Waals surface area contributed by atoms with Crippen molar-refractivity contribution in [2.24, 2.45) is 5.73 Å². The molecule has 2 aromatic rings. The predicted octanol–water partition coefficient (Wildman–Crippen LogP) is 5.05. The molecule has 0 spiro atoms. The molecule has 21 heavy (non-hydrogen) atoms. The van der Waals surface area contributed by atoms with E-state index in [1.54, 1.807) is 6.07 Å². The molecule has 0 saturated carbocycles. The van der Waals surface area contributed by atoms with Crippen LogP contribution in [0.5, 0.6) is 0 Å². The summed E-state index contributed by atoms with van der Waals surface area (Å²) in [4.78, 5) is 1.21. The summed E-state index contributed by atoms with van der Waals surface area (Å²) in [6, 6.07) is 9.04. The molecule has 0 saturated heterocycles. The van der Waals surface area contributed by atoms with Crippen molar-refractivity contribution >= 4 is 23.4 Å². The second kappa shape index (κ2) is 7.25. The predicted molar refractivity (Wildman–Crippen MR) is 83.9 cm³/mol. The maximum absolute atomic E-state index is 13.8. The second-order valence-corrected chi connectivity index (χ2v) is 6.26. The highest BCUT2D eigenvalue weighted by Crippen LogP contribution is 2.36. The molecular weight excluding hydrogens is 312 g/mol. The second-order valence-electron chi connectivity index (χ2n) is 4.77. The minimum atomic E-state index is -0.587. The molecule has 0 fully saturated rings. The van der Waals surface area contributed by atoms with Crippen LogP contribution in [0.1, 0.15) is 18.9 Å². The van der Waals surface area contributed by atoms with E-state index < -0.39 is 11.6 Å². The molecule has 0 radical (unpaired) electrons. The van der Waals surface area contributed by atoms with Crippen molar-refractivity contribution in [2.75, 3.05) is 0 Å². The summed E-state index contributed by atoms with van der Waals surface area (Å²) in [5.74, 6) is -1.16. The summed E-state index contributed by atoms with van der Waals surface area (Å²) in [5.41, 5.74) is 6.90. The molecule has 1 atom stereocenters. The standard InChI is InChI=1S/C16H16ClF2NS/c1-2-11(20)9-12-13(17)4-3-5-15(12)21-16-7-6-10(18)8-14(16)19/h3-8,11H,2,9,20H2,1H3. The van der Waals surface area contributed by atoms with Gasteiger partial charge in [-0.3, -0.25) is 0 Å². The number of rotatable bonds is 5. The van der Waals surface area contributed by atoms with Gasteiger partial charge in [0.15, 0.2) is 0 Å². The summed E-state index contributed by atoms with van der Waals surface area (Å²) in [6.07, 6.45) is 1.46. The van der Waals surface area contributed by atoms with Crippen LogP contribution in [-0.2, 0) is 6.42 Å². The molecule has 2 rings (SSSR count). The van der Waals surface area contributed by atoms with Crippen molar-refractivity contribution in [3.05, 3.63) is 58.6 Å². The highest BCUT2D eigenvalue weighted by atomic mass is 35.5. The molecule has 0 aliphatic rings. The van der Waals surface area contributed by atoms with Crippen LogP contribution in [0.3, 0.4) is 0 Å². The van der Waals surface area contributed by atoms with Crippen molar-refractivity contribution in [3.8, 4) is 0 Å². The molecule has 0 aliphatic carbocycles. The fourth-order valence-corrected chi connectivity index (χ4v) is 3.22. The van der Waals surface area contributed by atoms with Crippen molar-refractivity contribution in [1.29, 1.82) is 0 Å². The van der Waals surface area contributed by atoms with Crippen molar-refractivity contribution < 1.29 is 8.78 Å². The van der Waals surface area contributed by atoms with E-state index in [0.29, 0.717) is 16.3 Å². The highest BCUT2D eigenvalue weighted by molar-refractivity contribution is 7.99. The van der Waals surface area contributed by atoms with Gasteiger partial charge in [0, 0.05) is 26.9 Å². The number of benzene rings is 2. The molecule has 1 unspecified atom stereocenters. The van der Waals surface area contributed by atoms with E-state index >= 15 is 0 Å². The molecule has 0 aliphatic heterocycles. The third-order valence-electron chi connectivity index (χ3n) is 3.18. The van der Waals surface area contributed by atoms with Crippen molar-refractivity contribution in [3.63, 3.8) is 0 Å². The van der Waals surface area contributed by atoms with Gasteiger partial charge >= 0.3 is 0 Å². The van der Waals surface area contributed by atoms with Crippen LogP contribution in [0.4, 0.5) is 8.78 Å². The molecule has 2 N–H and O–H groups in total. The maximum atomic E-state index is 13.8. The van der Waals surface area contributed by atoms with E-state index in [4.69, 9.17) is 17.3 Å². The zero-order valence-corrected chi connectivity index (χ0v) is 13.1. The zero-order valence-electron chi connectivity index (χ0n) is 11.6. The summed E-state index contributed by atoms with van der Waals surface area (Å²) in [5, 5.41) is 0.617. The first-order valence-electron chi connectivity index (χ1n) is 6.67. The van der Waals surface area contributed by atoms with E-state index in [1.165, 1.54) is 23.9 Å². The Morgan fingerprint density at radius 1 is 1.19 bits per heavy atom. The Morgan fingerprint density at radius 3 is 2.62 bits per heavy atom. The van der Waals surface area contributed by atoms with Gasteiger partial charge in [-0.15, -0.1) is 0 Å². The van der Waals surface area contributed by atoms with Gasteiger partial charge in [-0.1, -0.05) is 36.4 Å². The van der Waals surface area contributed by atoms with E-state index in [2.05, 4.69) is 0 Å². The number of hydrogen-bond acceptors (Lipinski definition) is 2. The first-order chi connectivity index (χ1) is 10.0. The van der Waals surface area contributed by atoms with Gasteiger partial charge in [0.25, 0.3) is 0 Å². The molecule has 0 aromatic heterocycles. The Bertz CT molecular complexity index is 634. The molecule has 5 heteroatoms. The topological polar surface area (TPSA) is 26.0 Å².